The third kappa shape index (κ3) is 2.55. The van der Waals surface area contributed by atoms with Crippen LogP contribution in [0, 0.1) is 0 Å². The Morgan fingerprint density at radius 2 is 1.83 bits per heavy atom. The minimum absolute atomic E-state index is 0.0946. The summed E-state index contributed by atoms with van der Waals surface area (Å²) in [5, 5.41) is 5.05. The van der Waals surface area contributed by atoms with Crippen LogP contribution >= 0.6 is 0 Å². The summed E-state index contributed by atoms with van der Waals surface area (Å²) in [5.74, 6) is 0.912. The predicted octanol–water partition coefficient (Wildman–Crippen LogP) is 0.445. The quantitative estimate of drug-likeness (QED) is 0.677. The summed E-state index contributed by atoms with van der Waals surface area (Å²) in [6.07, 6.45) is 5.03. The zero-order valence-corrected chi connectivity index (χ0v) is 13.3. The van der Waals surface area contributed by atoms with Gasteiger partial charge in [0.2, 0.25) is 0 Å². The Labute approximate surface area is 138 Å². The van der Waals surface area contributed by atoms with Crippen molar-refractivity contribution in [2.75, 3.05) is 36.0 Å². The minimum Gasteiger partial charge on any atom is -0.367 e. The number of rotatable bonds is 2. The Balaban J connectivity index is 1.55. The number of fused-ring (bicyclic) bond motifs is 1. The van der Waals surface area contributed by atoms with Crippen LogP contribution in [0.3, 0.4) is 0 Å². The van der Waals surface area contributed by atoms with Gasteiger partial charge in [-0.2, -0.15) is 5.10 Å². The van der Waals surface area contributed by atoms with E-state index in [0.29, 0.717) is 5.65 Å². The molecule has 0 saturated carbocycles. The molecule has 4 rings (SSSR count). The lowest BCUT2D eigenvalue weighted by Gasteiger charge is -2.36. The van der Waals surface area contributed by atoms with Crippen molar-refractivity contribution in [3.63, 3.8) is 0 Å². The molecule has 0 unspecified atom stereocenters. The van der Waals surface area contributed by atoms with Crippen LogP contribution in [0.1, 0.15) is 0 Å². The summed E-state index contributed by atoms with van der Waals surface area (Å²) in [4.78, 5) is 29.1. The van der Waals surface area contributed by atoms with Gasteiger partial charge in [0.25, 0.3) is 5.56 Å². The largest absolute Gasteiger partial charge is 0.367 e. The number of pyridine rings is 1. The molecular weight excluding hydrogens is 306 g/mol. The van der Waals surface area contributed by atoms with Gasteiger partial charge in [-0.25, -0.2) is 19.6 Å². The van der Waals surface area contributed by atoms with E-state index >= 15 is 0 Å². The lowest BCUT2D eigenvalue weighted by molar-refractivity contribution is 0.639. The first-order valence-corrected chi connectivity index (χ1v) is 7.81. The van der Waals surface area contributed by atoms with E-state index < -0.39 is 0 Å². The van der Waals surface area contributed by atoms with Gasteiger partial charge < -0.3 is 9.80 Å². The highest BCUT2D eigenvalue weighted by Gasteiger charge is 2.20. The van der Waals surface area contributed by atoms with E-state index in [9.17, 15) is 4.79 Å². The highest BCUT2D eigenvalue weighted by Crippen LogP contribution is 2.23. The number of hydrogen-bond acceptors (Lipinski definition) is 7. The summed E-state index contributed by atoms with van der Waals surface area (Å²) in [6, 6.07) is 5.53. The maximum atomic E-state index is 11.8. The van der Waals surface area contributed by atoms with Crippen LogP contribution in [0.15, 0.2) is 41.7 Å². The van der Waals surface area contributed by atoms with E-state index in [2.05, 4.69) is 29.9 Å². The van der Waals surface area contributed by atoms with Gasteiger partial charge in [0.15, 0.2) is 5.65 Å². The van der Waals surface area contributed by atoms with E-state index in [-0.39, 0.29) is 5.56 Å². The van der Waals surface area contributed by atoms with Gasteiger partial charge in [0.1, 0.15) is 12.1 Å². The van der Waals surface area contributed by atoms with Crippen LogP contribution in [0.5, 0.6) is 0 Å². The number of aromatic nitrogens is 5. The van der Waals surface area contributed by atoms with Crippen molar-refractivity contribution in [1.29, 1.82) is 0 Å². The molecule has 3 aromatic heterocycles. The van der Waals surface area contributed by atoms with Crippen molar-refractivity contribution in [2.24, 2.45) is 7.05 Å². The topological polar surface area (TPSA) is 80.0 Å². The maximum absolute atomic E-state index is 11.8. The Hall–Kier alpha value is -3.03. The molecule has 1 saturated heterocycles. The highest BCUT2D eigenvalue weighted by molar-refractivity contribution is 5.86. The summed E-state index contributed by atoms with van der Waals surface area (Å²) in [5.41, 5.74) is 1.48. The van der Waals surface area contributed by atoms with Gasteiger partial charge in [-0.1, -0.05) is 0 Å². The molecule has 1 aliphatic rings. The molecule has 0 aliphatic carbocycles. The lowest BCUT2D eigenvalue weighted by Crippen LogP contribution is -2.47. The first-order valence-electron chi connectivity index (χ1n) is 7.81. The fourth-order valence-corrected chi connectivity index (χ4v) is 2.94. The van der Waals surface area contributed by atoms with E-state index in [4.69, 9.17) is 0 Å². The molecular formula is C16H17N7O. The summed E-state index contributed by atoms with van der Waals surface area (Å²) in [6.45, 7) is 3.24. The molecule has 122 valence electrons. The van der Waals surface area contributed by atoms with E-state index in [1.165, 1.54) is 4.68 Å². The second-order valence-corrected chi connectivity index (χ2v) is 5.72. The average molecular weight is 323 g/mol. The summed E-state index contributed by atoms with van der Waals surface area (Å²) >= 11 is 0. The molecule has 8 heteroatoms. The second-order valence-electron chi connectivity index (χ2n) is 5.72. The van der Waals surface area contributed by atoms with Crippen molar-refractivity contribution in [1.82, 2.24) is 24.7 Å². The molecule has 0 bridgehead atoms. The van der Waals surface area contributed by atoms with Crippen molar-refractivity contribution >= 4 is 22.5 Å². The summed E-state index contributed by atoms with van der Waals surface area (Å²) in [7, 11) is 1.65. The molecule has 0 aromatic carbocycles. The molecule has 3 aromatic rings. The standard InChI is InChI=1S/C16H17N7O/c1-21-14(24)9-12(10-20-21)22-5-7-23(8-6-22)16-13-3-2-4-17-15(13)18-11-19-16/h2-4,9-11H,5-8H2,1H3. The number of anilines is 2. The van der Waals surface area contributed by atoms with Gasteiger partial charge in [-0.15, -0.1) is 0 Å². The van der Waals surface area contributed by atoms with Crippen molar-refractivity contribution in [3.8, 4) is 0 Å². The third-order valence-electron chi connectivity index (χ3n) is 4.29. The number of nitrogens with zero attached hydrogens (tertiary/aromatic N) is 7. The van der Waals surface area contributed by atoms with Gasteiger partial charge in [0, 0.05) is 45.5 Å². The van der Waals surface area contributed by atoms with Crippen molar-refractivity contribution < 1.29 is 0 Å². The van der Waals surface area contributed by atoms with E-state index in [1.807, 2.05) is 12.1 Å². The number of aryl methyl sites for hydroxylation is 1. The molecule has 1 fully saturated rings. The molecule has 0 N–H and O–H groups in total. The SMILES string of the molecule is Cn1ncc(N2CCN(c3ncnc4ncccc34)CC2)cc1=O. The molecule has 0 radical (unpaired) electrons. The Morgan fingerprint density at radius 1 is 1.04 bits per heavy atom. The molecule has 0 amide bonds. The fourth-order valence-electron chi connectivity index (χ4n) is 2.94. The Morgan fingerprint density at radius 3 is 2.62 bits per heavy atom. The van der Waals surface area contributed by atoms with Gasteiger partial charge in [0.05, 0.1) is 17.3 Å². The number of hydrogen-bond donors (Lipinski definition) is 0. The zero-order chi connectivity index (χ0) is 16.5. The molecule has 0 atom stereocenters. The predicted molar refractivity (Wildman–Crippen MR) is 91.2 cm³/mol. The molecule has 1 aliphatic heterocycles. The monoisotopic (exact) mass is 323 g/mol. The van der Waals surface area contributed by atoms with Crippen LogP contribution in [0.4, 0.5) is 11.5 Å². The molecule has 8 nitrogen and oxygen atoms in total. The van der Waals surface area contributed by atoms with Gasteiger partial charge in [-0.05, 0) is 12.1 Å². The van der Waals surface area contributed by atoms with E-state index in [1.54, 1.807) is 31.8 Å². The van der Waals surface area contributed by atoms with E-state index in [0.717, 1.165) is 43.1 Å². The smallest absolute Gasteiger partial charge is 0.268 e. The number of piperazine rings is 1. The first-order chi connectivity index (χ1) is 11.7. The van der Waals surface area contributed by atoms with Crippen molar-refractivity contribution in [2.45, 2.75) is 0 Å². The van der Waals surface area contributed by atoms with Crippen LogP contribution in [-0.4, -0.2) is 50.9 Å². The zero-order valence-electron chi connectivity index (χ0n) is 13.3. The molecule has 0 spiro atoms. The molecule has 4 heterocycles. The average Bonchev–Trinajstić information content (AvgIpc) is 2.64. The fraction of sp³-hybridized carbons (Fsp3) is 0.312. The van der Waals surface area contributed by atoms with Gasteiger partial charge >= 0.3 is 0 Å². The summed E-state index contributed by atoms with van der Waals surface area (Å²) < 4.78 is 1.33. The van der Waals surface area contributed by atoms with Crippen LogP contribution in [0.25, 0.3) is 11.0 Å². The third-order valence-corrected chi connectivity index (χ3v) is 4.29. The maximum Gasteiger partial charge on any atom is 0.268 e. The highest BCUT2D eigenvalue weighted by atomic mass is 16.1. The second kappa shape index (κ2) is 5.88. The minimum atomic E-state index is -0.0946. The van der Waals surface area contributed by atoms with Crippen molar-refractivity contribution in [3.05, 3.63) is 47.3 Å². The Bertz CT molecular complexity index is 926. The van der Waals surface area contributed by atoms with Crippen LogP contribution in [0.2, 0.25) is 0 Å². The first kappa shape index (κ1) is 14.6. The van der Waals surface area contributed by atoms with Crippen LogP contribution < -0.4 is 15.4 Å². The van der Waals surface area contributed by atoms with Gasteiger partial charge in [-0.3, -0.25) is 4.79 Å². The normalized spacial score (nSPS) is 15.0. The Kier molecular flexibility index (Phi) is 3.56. The lowest BCUT2D eigenvalue weighted by atomic mass is 10.2. The van der Waals surface area contributed by atoms with Crippen LogP contribution in [-0.2, 0) is 7.05 Å². The molecule has 24 heavy (non-hydrogen) atoms.